The number of ketones is 1. The normalized spacial score (nSPS) is 9.94. The summed E-state index contributed by atoms with van der Waals surface area (Å²) in [6, 6.07) is 2.84. The Bertz CT molecular complexity index is 395. The predicted molar refractivity (Wildman–Crippen MR) is 51.5 cm³/mol. The van der Waals surface area contributed by atoms with E-state index in [-0.39, 0.29) is 24.4 Å². The Morgan fingerprint density at radius 3 is 2.25 bits per heavy atom. The molecule has 1 aromatic rings. The molecule has 5 heteroatoms. The average molecular weight is 228 g/mol. The predicted octanol–water partition coefficient (Wildman–Crippen LogP) is 1.99. The van der Waals surface area contributed by atoms with Crippen LogP contribution in [0.15, 0.2) is 18.2 Å². The molecule has 0 aliphatic rings. The number of carbonyl (C=O) groups excluding carboxylic acids is 2. The molecule has 1 aromatic carbocycles. The fourth-order valence-corrected chi connectivity index (χ4v) is 1.11. The highest BCUT2D eigenvalue weighted by molar-refractivity contribution is 5.94. The molecular formula is C11H10F2O3. The summed E-state index contributed by atoms with van der Waals surface area (Å²) in [5, 5.41) is 0. The first-order valence-electron chi connectivity index (χ1n) is 4.57. The summed E-state index contributed by atoms with van der Waals surface area (Å²) < 4.78 is 30.1. The van der Waals surface area contributed by atoms with Gasteiger partial charge in [0.15, 0.2) is 0 Å². The minimum absolute atomic E-state index is 0.203. The van der Waals surface area contributed by atoms with Crippen molar-refractivity contribution in [1.82, 2.24) is 0 Å². The van der Waals surface area contributed by atoms with E-state index in [9.17, 15) is 18.4 Å². The largest absolute Gasteiger partial charge is 0.460 e. The number of Topliss-reactive ketones (excluding diaryl/α,β-unsaturated/α-hetero) is 1. The maximum absolute atomic E-state index is 12.7. The van der Waals surface area contributed by atoms with Gasteiger partial charge in [-0.25, -0.2) is 8.78 Å². The van der Waals surface area contributed by atoms with Crippen LogP contribution in [-0.2, 0) is 20.9 Å². The molecule has 0 radical (unpaired) electrons. The Balaban J connectivity index is 2.54. The van der Waals surface area contributed by atoms with Crippen molar-refractivity contribution < 1.29 is 23.1 Å². The van der Waals surface area contributed by atoms with Crippen LogP contribution in [0.1, 0.15) is 18.9 Å². The molecule has 86 valence electrons. The summed E-state index contributed by atoms with van der Waals surface area (Å²) in [5.41, 5.74) is 0.203. The maximum Gasteiger partial charge on any atom is 0.313 e. The standard InChI is InChI=1S/C11H10F2O3/c1-7(14)2-11(15)16-6-8-3-9(12)5-10(13)4-8/h3-5H,2,6H2,1H3. The SMILES string of the molecule is CC(=O)CC(=O)OCc1cc(F)cc(F)c1. The van der Waals surface area contributed by atoms with Crippen molar-refractivity contribution in [1.29, 1.82) is 0 Å². The summed E-state index contributed by atoms with van der Waals surface area (Å²) in [7, 11) is 0. The van der Waals surface area contributed by atoms with Gasteiger partial charge in [-0.1, -0.05) is 0 Å². The highest BCUT2D eigenvalue weighted by Crippen LogP contribution is 2.09. The lowest BCUT2D eigenvalue weighted by Crippen LogP contribution is -2.08. The Morgan fingerprint density at radius 2 is 1.75 bits per heavy atom. The number of hydrogen-bond acceptors (Lipinski definition) is 3. The third kappa shape index (κ3) is 4.16. The molecule has 0 atom stereocenters. The Labute approximate surface area is 91.0 Å². The highest BCUT2D eigenvalue weighted by Gasteiger charge is 2.07. The van der Waals surface area contributed by atoms with Crippen LogP contribution < -0.4 is 0 Å². The van der Waals surface area contributed by atoms with E-state index in [0.29, 0.717) is 0 Å². The third-order valence-corrected chi connectivity index (χ3v) is 1.72. The van der Waals surface area contributed by atoms with Gasteiger partial charge in [-0.3, -0.25) is 9.59 Å². The molecule has 16 heavy (non-hydrogen) atoms. The van der Waals surface area contributed by atoms with Crippen LogP contribution in [0.3, 0.4) is 0 Å². The lowest BCUT2D eigenvalue weighted by atomic mass is 10.2. The van der Waals surface area contributed by atoms with Crippen molar-refractivity contribution in [2.75, 3.05) is 0 Å². The van der Waals surface area contributed by atoms with Crippen molar-refractivity contribution in [3.05, 3.63) is 35.4 Å². The second-order valence-corrected chi connectivity index (χ2v) is 3.32. The lowest BCUT2D eigenvalue weighted by molar-refractivity contribution is -0.146. The molecule has 0 aliphatic carbocycles. The molecule has 0 amide bonds. The van der Waals surface area contributed by atoms with Gasteiger partial charge in [-0.15, -0.1) is 0 Å². The fraction of sp³-hybridized carbons (Fsp3) is 0.273. The van der Waals surface area contributed by atoms with Gasteiger partial charge in [0.25, 0.3) is 0 Å². The maximum atomic E-state index is 12.7. The molecule has 1 rings (SSSR count). The van der Waals surface area contributed by atoms with Crippen LogP contribution in [-0.4, -0.2) is 11.8 Å². The van der Waals surface area contributed by atoms with Crippen LogP contribution in [0.4, 0.5) is 8.78 Å². The summed E-state index contributed by atoms with van der Waals surface area (Å²) in [6.45, 7) is 1.00. The first-order valence-corrected chi connectivity index (χ1v) is 4.57. The summed E-state index contributed by atoms with van der Waals surface area (Å²) in [5.74, 6) is -2.51. The van der Waals surface area contributed by atoms with Gasteiger partial charge >= 0.3 is 5.97 Å². The number of carbonyl (C=O) groups is 2. The summed E-state index contributed by atoms with van der Waals surface area (Å²) >= 11 is 0. The minimum Gasteiger partial charge on any atom is -0.460 e. The van der Waals surface area contributed by atoms with Crippen LogP contribution in [0.5, 0.6) is 0 Å². The zero-order valence-electron chi connectivity index (χ0n) is 8.63. The average Bonchev–Trinajstić information content (AvgIpc) is 2.12. The van der Waals surface area contributed by atoms with Crippen molar-refractivity contribution in [2.45, 2.75) is 20.0 Å². The minimum atomic E-state index is -0.738. The fourth-order valence-electron chi connectivity index (χ4n) is 1.11. The van der Waals surface area contributed by atoms with E-state index in [1.807, 2.05) is 0 Å². The van der Waals surface area contributed by atoms with Gasteiger partial charge in [0.1, 0.15) is 30.4 Å². The first kappa shape index (κ1) is 12.3. The molecule has 3 nitrogen and oxygen atoms in total. The Kier molecular flexibility index (Phi) is 4.10. The molecule has 0 N–H and O–H groups in total. The van der Waals surface area contributed by atoms with E-state index in [2.05, 4.69) is 4.74 Å². The quantitative estimate of drug-likeness (QED) is 0.584. The van der Waals surface area contributed by atoms with Gasteiger partial charge in [0.2, 0.25) is 0 Å². The van der Waals surface area contributed by atoms with Gasteiger partial charge < -0.3 is 4.74 Å². The van der Waals surface area contributed by atoms with Crippen LogP contribution >= 0.6 is 0 Å². The lowest BCUT2D eigenvalue weighted by Gasteiger charge is -2.04. The molecule has 0 heterocycles. The van der Waals surface area contributed by atoms with Crippen molar-refractivity contribution in [3.8, 4) is 0 Å². The number of esters is 1. The summed E-state index contributed by atoms with van der Waals surface area (Å²) in [4.78, 5) is 21.5. The smallest absolute Gasteiger partial charge is 0.313 e. The van der Waals surface area contributed by atoms with E-state index >= 15 is 0 Å². The van der Waals surface area contributed by atoms with E-state index in [1.54, 1.807) is 0 Å². The van der Waals surface area contributed by atoms with E-state index in [1.165, 1.54) is 6.92 Å². The van der Waals surface area contributed by atoms with E-state index < -0.39 is 17.6 Å². The first-order chi connectivity index (χ1) is 7.47. The second kappa shape index (κ2) is 5.34. The zero-order valence-corrected chi connectivity index (χ0v) is 8.63. The molecule has 0 saturated heterocycles. The number of halogens is 2. The molecular weight excluding hydrogens is 218 g/mol. The number of hydrogen-bond donors (Lipinski definition) is 0. The zero-order chi connectivity index (χ0) is 12.1. The number of rotatable bonds is 4. The van der Waals surface area contributed by atoms with Gasteiger partial charge in [-0.05, 0) is 24.6 Å². The van der Waals surface area contributed by atoms with Gasteiger partial charge in [0, 0.05) is 6.07 Å². The van der Waals surface area contributed by atoms with Crippen molar-refractivity contribution in [2.24, 2.45) is 0 Å². The molecule has 0 aromatic heterocycles. The molecule has 0 saturated carbocycles. The van der Waals surface area contributed by atoms with Crippen LogP contribution in [0, 0.1) is 11.6 Å². The number of ether oxygens (including phenoxy) is 1. The molecule has 0 aliphatic heterocycles. The Hall–Kier alpha value is -1.78. The molecule has 0 fully saturated rings. The monoisotopic (exact) mass is 228 g/mol. The van der Waals surface area contributed by atoms with Crippen LogP contribution in [0.25, 0.3) is 0 Å². The highest BCUT2D eigenvalue weighted by atomic mass is 19.1. The van der Waals surface area contributed by atoms with E-state index in [0.717, 1.165) is 18.2 Å². The van der Waals surface area contributed by atoms with Crippen LogP contribution in [0.2, 0.25) is 0 Å². The number of benzene rings is 1. The summed E-state index contributed by atoms with van der Waals surface area (Å²) in [6.07, 6.45) is -0.336. The molecule has 0 spiro atoms. The van der Waals surface area contributed by atoms with Gasteiger partial charge in [-0.2, -0.15) is 0 Å². The topological polar surface area (TPSA) is 43.4 Å². The van der Waals surface area contributed by atoms with Crippen molar-refractivity contribution in [3.63, 3.8) is 0 Å². The Morgan fingerprint density at radius 1 is 1.19 bits per heavy atom. The second-order valence-electron chi connectivity index (χ2n) is 3.32. The van der Waals surface area contributed by atoms with Crippen molar-refractivity contribution >= 4 is 11.8 Å². The third-order valence-electron chi connectivity index (χ3n) is 1.72. The molecule has 0 unspecified atom stereocenters. The van der Waals surface area contributed by atoms with E-state index in [4.69, 9.17) is 0 Å². The molecule has 0 bridgehead atoms. The van der Waals surface area contributed by atoms with Gasteiger partial charge in [0.05, 0.1) is 0 Å².